The summed E-state index contributed by atoms with van der Waals surface area (Å²) < 4.78 is 27.8. The number of benzene rings is 2. The van der Waals surface area contributed by atoms with E-state index in [1.165, 1.54) is 7.11 Å². The molecule has 0 radical (unpaired) electrons. The van der Waals surface area contributed by atoms with Crippen molar-refractivity contribution in [3.63, 3.8) is 0 Å². The van der Waals surface area contributed by atoms with Crippen molar-refractivity contribution < 1.29 is 38.4 Å². The monoisotopic (exact) mass is 498 g/mol. The number of rotatable bonds is 7. The number of hydrogen-bond donors (Lipinski definition) is 2. The second kappa shape index (κ2) is 10.4. The SMILES string of the molecule is CO[C@@H]1[C@@H](O)[C@@H](O)[C@H](Oc2ccc3cc(CC(=O)OCc4ccccc4)c(=O)oc3c2C)OC1(C)C. The third kappa shape index (κ3) is 5.29. The van der Waals surface area contributed by atoms with Gasteiger partial charge in [-0.15, -0.1) is 0 Å². The van der Waals surface area contributed by atoms with Gasteiger partial charge in [-0.25, -0.2) is 4.79 Å². The Bertz CT molecular complexity index is 1280. The van der Waals surface area contributed by atoms with Crippen LogP contribution >= 0.6 is 0 Å². The number of aryl methyl sites for hydroxylation is 1. The molecule has 2 N–H and O–H groups in total. The van der Waals surface area contributed by atoms with Crippen molar-refractivity contribution in [3.05, 3.63) is 75.6 Å². The first kappa shape index (κ1) is 25.8. The standard InChI is InChI=1S/C27H30O9/c1-15-19(34-26-22(30)21(29)24(32-4)27(2,3)36-26)11-10-17-12-18(25(31)35-23(15)17)13-20(28)33-14-16-8-6-5-7-9-16/h5-12,21-22,24,26,29-30H,13-14H2,1-4H3/t21-,22+,24+,26+/m0/s1. The van der Waals surface area contributed by atoms with Crippen molar-refractivity contribution in [2.45, 2.75) is 64.0 Å². The second-order valence-electron chi connectivity index (χ2n) is 9.33. The molecule has 1 aliphatic heterocycles. The molecule has 1 saturated heterocycles. The Hall–Kier alpha value is -3.24. The zero-order chi connectivity index (χ0) is 26.0. The van der Waals surface area contributed by atoms with Crippen LogP contribution in [0.3, 0.4) is 0 Å². The molecule has 36 heavy (non-hydrogen) atoms. The van der Waals surface area contributed by atoms with E-state index in [0.717, 1.165) is 5.56 Å². The smallest absolute Gasteiger partial charge is 0.340 e. The third-order valence-electron chi connectivity index (χ3n) is 6.29. The van der Waals surface area contributed by atoms with Crippen molar-refractivity contribution in [3.8, 4) is 5.75 Å². The van der Waals surface area contributed by atoms with E-state index in [9.17, 15) is 19.8 Å². The molecule has 0 amide bonds. The van der Waals surface area contributed by atoms with Crippen molar-refractivity contribution in [2.75, 3.05) is 7.11 Å². The molecule has 2 aromatic carbocycles. The minimum absolute atomic E-state index is 0.115. The van der Waals surface area contributed by atoms with E-state index >= 15 is 0 Å². The van der Waals surface area contributed by atoms with E-state index < -0.39 is 41.8 Å². The summed E-state index contributed by atoms with van der Waals surface area (Å²) in [6.45, 7) is 5.27. The van der Waals surface area contributed by atoms with E-state index in [-0.39, 0.29) is 24.2 Å². The van der Waals surface area contributed by atoms with Gasteiger partial charge < -0.3 is 33.6 Å². The average molecular weight is 499 g/mol. The van der Waals surface area contributed by atoms with Crippen molar-refractivity contribution in [1.29, 1.82) is 0 Å². The summed E-state index contributed by atoms with van der Waals surface area (Å²) in [6, 6.07) is 14.2. The number of hydrogen-bond acceptors (Lipinski definition) is 9. The van der Waals surface area contributed by atoms with Gasteiger partial charge in [0.25, 0.3) is 0 Å². The summed E-state index contributed by atoms with van der Waals surface area (Å²) in [6.07, 6.45) is -4.75. The fourth-order valence-electron chi connectivity index (χ4n) is 4.37. The maximum atomic E-state index is 12.6. The summed E-state index contributed by atoms with van der Waals surface area (Å²) in [5.41, 5.74) is 0.209. The molecule has 0 bridgehead atoms. The van der Waals surface area contributed by atoms with Gasteiger partial charge in [0, 0.05) is 23.6 Å². The Morgan fingerprint density at radius 2 is 1.81 bits per heavy atom. The molecule has 4 atom stereocenters. The first-order valence-corrected chi connectivity index (χ1v) is 11.6. The maximum absolute atomic E-state index is 12.6. The maximum Gasteiger partial charge on any atom is 0.340 e. The van der Waals surface area contributed by atoms with Crippen LogP contribution in [0.25, 0.3) is 11.0 Å². The average Bonchev–Trinajstić information content (AvgIpc) is 2.84. The number of methoxy groups -OCH3 is 1. The van der Waals surface area contributed by atoms with Crippen LogP contribution in [-0.2, 0) is 32.0 Å². The largest absolute Gasteiger partial charge is 0.462 e. The van der Waals surface area contributed by atoms with Crippen LogP contribution in [0.15, 0.2) is 57.7 Å². The van der Waals surface area contributed by atoms with Gasteiger partial charge >= 0.3 is 11.6 Å². The Kier molecular flexibility index (Phi) is 7.46. The normalized spacial score (nSPS) is 23.4. The van der Waals surface area contributed by atoms with Gasteiger partial charge in [0.1, 0.15) is 36.3 Å². The molecule has 0 saturated carbocycles. The lowest BCUT2D eigenvalue weighted by Crippen LogP contribution is -2.63. The van der Waals surface area contributed by atoms with E-state index in [0.29, 0.717) is 16.7 Å². The lowest BCUT2D eigenvalue weighted by atomic mass is 9.89. The summed E-state index contributed by atoms with van der Waals surface area (Å²) in [7, 11) is 1.43. The molecule has 0 spiro atoms. The molecule has 3 aromatic rings. The number of esters is 1. The van der Waals surface area contributed by atoms with Gasteiger partial charge in [0.05, 0.1) is 12.0 Å². The molecule has 9 nitrogen and oxygen atoms in total. The van der Waals surface area contributed by atoms with Crippen LogP contribution in [-0.4, -0.2) is 53.5 Å². The van der Waals surface area contributed by atoms with Gasteiger partial charge in [0.15, 0.2) is 0 Å². The molecule has 4 rings (SSSR count). The number of carbonyl (C=O) groups is 1. The molecule has 2 heterocycles. The molecule has 1 aromatic heterocycles. The van der Waals surface area contributed by atoms with Gasteiger partial charge in [-0.1, -0.05) is 30.3 Å². The molecule has 1 aliphatic rings. The summed E-state index contributed by atoms with van der Waals surface area (Å²) in [5.74, 6) is -0.232. The Labute approximate surface area is 208 Å². The predicted octanol–water partition coefficient (Wildman–Crippen LogP) is 2.64. The van der Waals surface area contributed by atoms with Crippen molar-refractivity contribution in [1.82, 2.24) is 0 Å². The van der Waals surface area contributed by atoms with Gasteiger partial charge in [-0.3, -0.25) is 4.79 Å². The van der Waals surface area contributed by atoms with Gasteiger partial charge in [0.2, 0.25) is 6.29 Å². The molecular formula is C27H30O9. The third-order valence-corrected chi connectivity index (χ3v) is 6.29. The van der Waals surface area contributed by atoms with Crippen LogP contribution in [0, 0.1) is 6.92 Å². The highest BCUT2D eigenvalue weighted by molar-refractivity contribution is 5.83. The van der Waals surface area contributed by atoms with Crippen LogP contribution < -0.4 is 10.4 Å². The number of ether oxygens (including phenoxy) is 4. The Balaban J connectivity index is 1.51. The first-order valence-electron chi connectivity index (χ1n) is 11.6. The van der Waals surface area contributed by atoms with Gasteiger partial charge in [-0.05, 0) is 44.5 Å². The fraction of sp³-hybridized carbons (Fsp3) is 0.407. The van der Waals surface area contributed by atoms with Crippen LogP contribution in [0.4, 0.5) is 0 Å². The Morgan fingerprint density at radius 1 is 1.08 bits per heavy atom. The van der Waals surface area contributed by atoms with E-state index in [1.54, 1.807) is 39.0 Å². The number of fused-ring (bicyclic) bond motifs is 1. The minimum Gasteiger partial charge on any atom is -0.462 e. The summed E-state index contributed by atoms with van der Waals surface area (Å²) in [4.78, 5) is 24.9. The lowest BCUT2D eigenvalue weighted by Gasteiger charge is -2.46. The van der Waals surface area contributed by atoms with E-state index in [2.05, 4.69) is 0 Å². The molecule has 9 heteroatoms. The number of aliphatic hydroxyl groups excluding tert-OH is 2. The topological polar surface area (TPSA) is 125 Å². The number of carbonyl (C=O) groups excluding carboxylic acids is 1. The molecular weight excluding hydrogens is 468 g/mol. The highest BCUT2D eigenvalue weighted by atomic mass is 16.7. The van der Waals surface area contributed by atoms with Crippen molar-refractivity contribution in [2.24, 2.45) is 0 Å². The Morgan fingerprint density at radius 3 is 2.50 bits per heavy atom. The highest BCUT2D eigenvalue weighted by Gasteiger charge is 2.50. The second-order valence-corrected chi connectivity index (χ2v) is 9.33. The summed E-state index contributed by atoms with van der Waals surface area (Å²) >= 11 is 0. The number of aliphatic hydroxyl groups is 2. The highest BCUT2D eigenvalue weighted by Crippen LogP contribution is 2.34. The quantitative estimate of drug-likeness (QED) is 0.374. The van der Waals surface area contributed by atoms with E-state index in [1.807, 2.05) is 30.3 Å². The molecule has 0 unspecified atom stereocenters. The lowest BCUT2D eigenvalue weighted by molar-refractivity contribution is -0.306. The van der Waals surface area contributed by atoms with E-state index in [4.69, 9.17) is 23.4 Å². The predicted molar refractivity (Wildman–Crippen MR) is 130 cm³/mol. The first-order chi connectivity index (χ1) is 17.1. The summed E-state index contributed by atoms with van der Waals surface area (Å²) in [5, 5.41) is 21.6. The van der Waals surface area contributed by atoms with Crippen molar-refractivity contribution >= 4 is 16.9 Å². The molecule has 0 aliphatic carbocycles. The molecule has 1 fully saturated rings. The van der Waals surface area contributed by atoms with Crippen LogP contribution in [0.5, 0.6) is 5.75 Å². The van der Waals surface area contributed by atoms with Gasteiger partial charge in [-0.2, -0.15) is 0 Å². The fourth-order valence-corrected chi connectivity index (χ4v) is 4.37. The zero-order valence-corrected chi connectivity index (χ0v) is 20.6. The van der Waals surface area contributed by atoms with Crippen LogP contribution in [0.2, 0.25) is 0 Å². The minimum atomic E-state index is -1.37. The van der Waals surface area contributed by atoms with Crippen LogP contribution in [0.1, 0.15) is 30.5 Å². The molecule has 192 valence electrons. The zero-order valence-electron chi connectivity index (χ0n) is 20.6.